The second kappa shape index (κ2) is 4.33. The van der Waals surface area contributed by atoms with E-state index in [1.165, 1.54) is 5.56 Å². The van der Waals surface area contributed by atoms with E-state index in [2.05, 4.69) is 49.1 Å². The molecule has 0 N–H and O–H groups in total. The van der Waals surface area contributed by atoms with Crippen LogP contribution < -0.4 is 0 Å². The van der Waals surface area contributed by atoms with E-state index in [0.29, 0.717) is 0 Å². The van der Waals surface area contributed by atoms with Gasteiger partial charge >= 0.3 is 0 Å². The molecule has 1 aliphatic heterocycles. The Morgan fingerprint density at radius 2 is 2.07 bits per heavy atom. The first-order valence-electron chi connectivity index (χ1n) is 5.65. The molecule has 1 aromatic rings. The molecule has 15 heavy (non-hydrogen) atoms. The minimum absolute atomic E-state index is 0.0499. The molecule has 0 aromatic heterocycles. The molecule has 2 nitrogen and oxygen atoms in total. The summed E-state index contributed by atoms with van der Waals surface area (Å²) in [6.45, 7) is 8.25. The van der Waals surface area contributed by atoms with Crippen LogP contribution in [0.5, 0.6) is 0 Å². The third-order valence-electron chi connectivity index (χ3n) is 3.36. The van der Waals surface area contributed by atoms with Crippen LogP contribution in [-0.2, 0) is 10.3 Å². The smallest absolute Gasteiger partial charge is 0.0690 e. The number of hydrogen-bond donors (Lipinski definition) is 0. The van der Waals surface area contributed by atoms with Gasteiger partial charge in [-0.3, -0.25) is 4.90 Å². The topological polar surface area (TPSA) is 12.5 Å². The van der Waals surface area contributed by atoms with Crippen molar-refractivity contribution in [2.24, 2.45) is 0 Å². The molecule has 1 heterocycles. The Bertz CT molecular complexity index is 312. The second-order valence-corrected chi connectivity index (χ2v) is 4.27. The Labute approximate surface area is 91.9 Å². The van der Waals surface area contributed by atoms with Gasteiger partial charge in [0.1, 0.15) is 0 Å². The fraction of sp³-hybridized carbons (Fsp3) is 0.538. The third-order valence-corrected chi connectivity index (χ3v) is 3.36. The molecule has 1 aromatic carbocycles. The highest BCUT2D eigenvalue weighted by atomic mass is 16.5. The minimum Gasteiger partial charge on any atom is -0.378 e. The zero-order valence-corrected chi connectivity index (χ0v) is 9.57. The maximum absolute atomic E-state index is 5.63. The summed E-state index contributed by atoms with van der Waals surface area (Å²) >= 11 is 0. The molecule has 2 heteroatoms. The summed E-state index contributed by atoms with van der Waals surface area (Å²) in [6, 6.07) is 10.6. The number of benzene rings is 1. The van der Waals surface area contributed by atoms with E-state index >= 15 is 0 Å². The molecule has 0 radical (unpaired) electrons. The zero-order chi connectivity index (χ0) is 10.7. The van der Waals surface area contributed by atoms with Gasteiger partial charge in [-0.2, -0.15) is 0 Å². The highest BCUT2D eigenvalue weighted by Gasteiger charge is 2.35. The van der Waals surface area contributed by atoms with Crippen molar-refractivity contribution < 1.29 is 4.74 Å². The Balaban J connectivity index is 2.30. The van der Waals surface area contributed by atoms with E-state index < -0.39 is 0 Å². The molecule has 2 rings (SSSR count). The average Bonchev–Trinajstić information content (AvgIpc) is 2.31. The molecule has 1 aliphatic rings. The van der Waals surface area contributed by atoms with Crippen molar-refractivity contribution in [3.8, 4) is 0 Å². The van der Waals surface area contributed by atoms with Crippen LogP contribution in [0, 0.1) is 0 Å². The van der Waals surface area contributed by atoms with Gasteiger partial charge in [0.15, 0.2) is 0 Å². The maximum atomic E-state index is 5.63. The van der Waals surface area contributed by atoms with Crippen molar-refractivity contribution in [3.05, 3.63) is 35.9 Å². The Hall–Kier alpha value is -0.860. The van der Waals surface area contributed by atoms with Crippen LogP contribution >= 0.6 is 0 Å². The Morgan fingerprint density at radius 1 is 1.33 bits per heavy atom. The molecule has 1 fully saturated rings. The lowest BCUT2D eigenvalue weighted by Crippen LogP contribution is -2.52. The highest BCUT2D eigenvalue weighted by Crippen LogP contribution is 2.30. The maximum Gasteiger partial charge on any atom is 0.0690 e. The van der Waals surface area contributed by atoms with Gasteiger partial charge in [0.25, 0.3) is 0 Å². The van der Waals surface area contributed by atoms with E-state index in [-0.39, 0.29) is 5.54 Å². The predicted molar refractivity (Wildman–Crippen MR) is 61.9 cm³/mol. The third kappa shape index (κ3) is 1.92. The van der Waals surface area contributed by atoms with Gasteiger partial charge in [0, 0.05) is 6.54 Å². The fourth-order valence-corrected chi connectivity index (χ4v) is 2.35. The average molecular weight is 205 g/mol. The van der Waals surface area contributed by atoms with Crippen molar-refractivity contribution in [2.45, 2.75) is 19.4 Å². The van der Waals surface area contributed by atoms with Gasteiger partial charge in [0.2, 0.25) is 0 Å². The summed E-state index contributed by atoms with van der Waals surface area (Å²) in [7, 11) is 0. The fourth-order valence-electron chi connectivity index (χ4n) is 2.35. The van der Waals surface area contributed by atoms with Gasteiger partial charge < -0.3 is 4.74 Å². The number of rotatable bonds is 2. The molecular formula is C13H19NO. The molecule has 0 aliphatic carbocycles. The van der Waals surface area contributed by atoms with Crippen molar-refractivity contribution in [1.29, 1.82) is 0 Å². The molecule has 0 amide bonds. The quantitative estimate of drug-likeness (QED) is 0.734. The number of likely N-dealkylation sites (N-methyl/N-ethyl adjacent to an activating group) is 1. The Kier molecular flexibility index (Phi) is 3.08. The van der Waals surface area contributed by atoms with Crippen molar-refractivity contribution >= 4 is 0 Å². The summed E-state index contributed by atoms with van der Waals surface area (Å²) < 4.78 is 5.63. The first kappa shape index (κ1) is 10.7. The molecule has 0 spiro atoms. The normalized spacial score (nSPS) is 27.9. The zero-order valence-electron chi connectivity index (χ0n) is 9.57. The molecule has 1 atom stereocenters. The number of morpholine rings is 1. The first-order chi connectivity index (χ1) is 7.27. The lowest BCUT2D eigenvalue weighted by atomic mass is 9.90. The van der Waals surface area contributed by atoms with Crippen LogP contribution in [0.3, 0.4) is 0 Å². The highest BCUT2D eigenvalue weighted by molar-refractivity contribution is 5.24. The number of hydrogen-bond acceptors (Lipinski definition) is 2. The molecule has 1 unspecified atom stereocenters. The van der Waals surface area contributed by atoms with Crippen LogP contribution in [0.4, 0.5) is 0 Å². The number of nitrogens with zero attached hydrogens (tertiary/aromatic N) is 1. The largest absolute Gasteiger partial charge is 0.378 e. The van der Waals surface area contributed by atoms with Crippen LogP contribution in [0.1, 0.15) is 19.4 Å². The summed E-state index contributed by atoms with van der Waals surface area (Å²) in [5, 5.41) is 0. The summed E-state index contributed by atoms with van der Waals surface area (Å²) in [6.07, 6.45) is 0. The van der Waals surface area contributed by atoms with Crippen molar-refractivity contribution in [2.75, 3.05) is 26.3 Å². The van der Waals surface area contributed by atoms with Gasteiger partial charge in [-0.25, -0.2) is 0 Å². The second-order valence-electron chi connectivity index (χ2n) is 4.27. The van der Waals surface area contributed by atoms with E-state index in [1.54, 1.807) is 0 Å². The van der Waals surface area contributed by atoms with Crippen LogP contribution in [0.15, 0.2) is 30.3 Å². The molecule has 0 saturated carbocycles. The summed E-state index contributed by atoms with van der Waals surface area (Å²) in [5.74, 6) is 0. The van der Waals surface area contributed by atoms with Crippen molar-refractivity contribution in [1.82, 2.24) is 4.90 Å². The van der Waals surface area contributed by atoms with Gasteiger partial charge in [0.05, 0.1) is 18.8 Å². The number of ether oxygens (including phenoxy) is 1. The minimum atomic E-state index is 0.0499. The van der Waals surface area contributed by atoms with Crippen LogP contribution in [-0.4, -0.2) is 31.2 Å². The Morgan fingerprint density at radius 3 is 2.73 bits per heavy atom. The van der Waals surface area contributed by atoms with Crippen LogP contribution in [0.2, 0.25) is 0 Å². The molecule has 0 bridgehead atoms. The van der Waals surface area contributed by atoms with Gasteiger partial charge in [-0.05, 0) is 19.0 Å². The standard InChI is InChI=1S/C13H19NO/c1-3-14-9-10-15-11-13(14,2)12-7-5-4-6-8-12/h4-8H,3,9-11H2,1-2H3. The lowest BCUT2D eigenvalue weighted by Gasteiger charge is -2.44. The van der Waals surface area contributed by atoms with E-state index in [1.807, 2.05) is 0 Å². The predicted octanol–water partition coefficient (Wildman–Crippen LogP) is 2.25. The summed E-state index contributed by atoms with van der Waals surface area (Å²) in [5.41, 5.74) is 1.40. The lowest BCUT2D eigenvalue weighted by molar-refractivity contribution is -0.0610. The van der Waals surface area contributed by atoms with Crippen LogP contribution in [0.25, 0.3) is 0 Å². The van der Waals surface area contributed by atoms with E-state index in [4.69, 9.17) is 4.74 Å². The van der Waals surface area contributed by atoms with E-state index in [0.717, 1.165) is 26.3 Å². The van der Waals surface area contributed by atoms with Gasteiger partial charge in [-0.1, -0.05) is 37.3 Å². The monoisotopic (exact) mass is 205 g/mol. The summed E-state index contributed by atoms with van der Waals surface area (Å²) in [4.78, 5) is 2.49. The van der Waals surface area contributed by atoms with Crippen molar-refractivity contribution in [3.63, 3.8) is 0 Å². The SMILES string of the molecule is CCN1CCOCC1(C)c1ccccc1. The molecule has 1 saturated heterocycles. The first-order valence-corrected chi connectivity index (χ1v) is 5.65. The molecule has 82 valence electrons. The molecular weight excluding hydrogens is 186 g/mol. The van der Waals surface area contributed by atoms with Gasteiger partial charge in [-0.15, -0.1) is 0 Å². The van der Waals surface area contributed by atoms with E-state index in [9.17, 15) is 0 Å².